The Hall–Kier alpha value is -0.260. The Bertz CT molecular complexity index is 258. The summed E-state index contributed by atoms with van der Waals surface area (Å²) < 4.78 is 0. The highest BCUT2D eigenvalue weighted by atomic mass is 14.6. The highest BCUT2D eigenvalue weighted by molar-refractivity contribution is 5.08. The molecule has 4 fully saturated rings. The van der Waals surface area contributed by atoms with Gasteiger partial charge in [0.2, 0.25) is 0 Å². The number of hydrogen-bond acceptors (Lipinski definition) is 0. The third kappa shape index (κ3) is 1.40. The first kappa shape index (κ1) is 9.93. The van der Waals surface area contributed by atoms with E-state index in [1.165, 1.54) is 37.7 Å². The van der Waals surface area contributed by atoms with Crippen molar-refractivity contribution in [1.82, 2.24) is 0 Å². The molecular weight excluding hydrogens is 180 g/mol. The third-order valence-corrected chi connectivity index (χ3v) is 5.69. The maximum atomic E-state index is 4.15. The molecule has 4 aliphatic rings. The van der Waals surface area contributed by atoms with E-state index in [2.05, 4.69) is 20.4 Å². The van der Waals surface area contributed by atoms with E-state index in [9.17, 15) is 0 Å². The lowest BCUT2D eigenvalue weighted by atomic mass is 9.45. The molecule has 0 saturated heterocycles. The zero-order valence-corrected chi connectivity index (χ0v) is 10.3. The van der Waals surface area contributed by atoms with Crippen molar-refractivity contribution in [3.05, 3.63) is 12.2 Å². The maximum absolute atomic E-state index is 4.15. The lowest BCUT2D eigenvalue weighted by Crippen LogP contribution is -2.51. The predicted octanol–water partition coefficient (Wildman–Crippen LogP) is 4.42. The minimum atomic E-state index is 0.624. The lowest BCUT2D eigenvalue weighted by molar-refractivity contribution is -0.0977. The first-order valence-electron chi connectivity index (χ1n) is 6.72. The molecule has 0 aromatic heterocycles. The molecule has 0 aromatic carbocycles. The van der Waals surface area contributed by atoms with Crippen LogP contribution in [0.3, 0.4) is 0 Å². The highest BCUT2D eigenvalue weighted by Crippen LogP contribution is 2.63. The molecule has 84 valence electrons. The summed E-state index contributed by atoms with van der Waals surface area (Å²) >= 11 is 0. The Labute approximate surface area is 94.1 Å². The van der Waals surface area contributed by atoms with E-state index < -0.39 is 0 Å². The number of allylic oxidation sites excluding steroid dienone is 1. The highest BCUT2D eigenvalue weighted by Gasteiger charge is 2.54. The van der Waals surface area contributed by atoms with Gasteiger partial charge >= 0.3 is 0 Å². The fraction of sp³-hybridized carbons (Fsp3) is 0.867. The Balaban J connectivity index is 1.87. The quantitative estimate of drug-likeness (QED) is 0.584. The van der Waals surface area contributed by atoms with Crippen molar-refractivity contribution >= 4 is 0 Å². The molecule has 0 unspecified atom stereocenters. The van der Waals surface area contributed by atoms with Crippen LogP contribution in [-0.2, 0) is 0 Å². The van der Waals surface area contributed by atoms with Gasteiger partial charge < -0.3 is 0 Å². The molecule has 4 bridgehead atoms. The van der Waals surface area contributed by atoms with Crippen LogP contribution >= 0.6 is 0 Å². The van der Waals surface area contributed by atoms with Crippen LogP contribution in [0.25, 0.3) is 0 Å². The molecular formula is C15H24. The third-order valence-electron chi connectivity index (χ3n) is 5.69. The molecule has 4 saturated carbocycles. The molecule has 0 heteroatoms. The van der Waals surface area contributed by atoms with Crippen molar-refractivity contribution in [2.75, 3.05) is 0 Å². The Morgan fingerprint density at radius 1 is 1.07 bits per heavy atom. The fourth-order valence-corrected chi connectivity index (χ4v) is 5.20. The fourth-order valence-electron chi connectivity index (χ4n) is 5.20. The predicted molar refractivity (Wildman–Crippen MR) is 64.6 cm³/mol. The van der Waals surface area contributed by atoms with Gasteiger partial charge in [0.15, 0.2) is 0 Å². The van der Waals surface area contributed by atoms with Gasteiger partial charge in [-0.2, -0.15) is 0 Å². The summed E-state index contributed by atoms with van der Waals surface area (Å²) in [6.07, 6.45) is 9.01. The van der Waals surface area contributed by atoms with Gasteiger partial charge in [-0.05, 0) is 74.5 Å². The standard InChI is InChI=1S/C15H24/c1-10(2)9-15(3)13-5-11-4-12(7-13)8-14(15)6-11/h11-14H,1,4-9H2,2-3H3. The summed E-state index contributed by atoms with van der Waals surface area (Å²) in [6.45, 7) is 8.93. The lowest BCUT2D eigenvalue weighted by Gasteiger charge is -2.60. The minimum absolute atomic E-state index is 0.624. The second-order valence-electron chi connectivity index (χ2n) is 6.94. The second kappa shape index (κ2) is 3.12. The largest absolute Gasteiger partial charge is 0.100 e. The minimum Gasteiger partial charge on any atom is -0.100 e. The van der Waals surface area contributed by atoms with Crippen LogP contribution < -0.4 is 0 Å². The van der Waals surface area contributed by atoms with Gasteiger partial charge in [0.25, 0.3) is 0 Å². The van der Waals surface area contributed by atoms with Crippen molar-refractivity contribution in [2.24, 2.45) is 29.1 Å². The topological polar surface area (TPSA) is 0 Å². The summed E-state index contributed by atoms with van der Waals surface area (Å²) in [5, 5.41) is 0. The van der Waals surface area contributed by atoms with E-state index in [0.717, 1.165) is 23.7 Å². The number of hydrogen-bond donors (Lipinski definition) is 0. The second-order valence-corrected chi connectivity index (χ2v) is 6.94. The average Bonchev–Trinajstić information content (AvgIpc) is 2.12. The van der Waals surface area contributed by atoms with Crippen LogP contribution in [0.5, 0.6) is 0 Å². The van der Waals surface area contributed by atoms with E-state index in [1.54, 1.807) is 6.42 Å². The van der Waals surface area contributed by atoms with Gasteiger partial charge in [-0.25, -0.2) is 0 Å². The zero-order valence-electron chi connectivity index (χ0n) is 10.3. The van der Waals surface area contributed by atoms with Gasteiger partial charge in [-0.3, -0.25) is 0 Å². The van der Waals surface area contributed by atoms with Crippen LogP contribution in [0.4, 0.5) is 0 Å². The van der Waals surface area contributed by atoms with E-state index in [0.29, 0.717) is 5.41 Å². The molecule has 4 aliphatic carbocycles. The van der Waals surface area contributed by atoms with Crippen molar-refractivity contribution in [3.8, 4) is 0 Å². The maximum Gasteiger partial charge on any atom is -0.0232 e. The molecule has 0 atom stereocenters. The molecule has 0 amide bonds. The monoisotopic (exact) mass is 204 g/mol. The van der Waals surface area contributed by atoms with Crippen LogP contribution in [-0.4, -0.2) is 0 Å². The molecule has 0 heterocycles. The van der Waals surface area contributed by atoms with E-state index in [1.807, 2.05) is 0 Å². The molecule has 0 spiro atoms. The van der Waals surface area contributed by atoms with Crippen LogP contribution in [0, 0.1) is 29.1 Å². The molecule has 0 aliphatic heterocycles. The molecule has 0 nitrogen and oxygen atoms in total. The summed E-state index contributed by atoms with van der Waals surface area (Å²) in [6, 6.07) is 0. The van der Waals surface area contributed by atoms with Crippen molar-refractivity contribution in [3.63, 3.8) is 0 Å². The van der Waals surface area contributed by atoms with Gasteiger partial charge in [0.05, 0.1) is 0 Å². The Morgan fingerprint density at radius 3 is 1.93 bits per heavy atom. The average molecular weight is 204 g/mol. The molecule has 0 radical (unpaired) electrons. The van der Waals surface area contributed by atoms with Crippen LogP contribution in [0.15, 0.2) is 12.2 Å². The molecule has 4 rings (SSSR count). The summed E-state index contributed by atoms with van der Waals surface area (Å²) in [4.78, 5) is 0. The SMILES string of the molecule is C=C(C)CC1(C)C2CC3CC(C2)CC1C3. The zero-order chi connectivity index (χ0) is 10.6. The van der Waals surface area contributed by atoms with Gasteiger partial charge in [0, 0.05) is 0 Å². The van der Waals surface area contributed by atoms with Crippen LogP contribution in [0.1, 0.15) is 52.4 Å². The van der Waals surface area contributed by atoms with E-state index >= 15 is 0 Å². The Morgan fingerprint density at radius 2 is 1.53 bits per heavy atom. The van der Waals surface area contributed by atoms with Gasteiger partial charge in [-0.1, -0.05) is 12.5 Å². The molecule has 15 heavy (non-hydrogen) atoms. The number of rotatable bonds is 2. The van der Waals surface area contributed by atoms with E-state index in [4.69, 9.17) is 0 Å². The van der Waals surface area contributed by atoms with E-state index in [-0.39, 0.29) is 0 Å². The van der Waals surface area contributed by atoms with Gasteiger partial charge in [0.1, 0.15) is 0 Å². The van der Waals surface area contributed by atoms with Crippen molar-refractivity contribution in [1.29, 1.82) is 0 Å². The molecule has 0 N–H and O–H groups in total. The van der Waals surface area contributed by atoms with Crippen molar-refractivity contribution in [2.45, 2.75) is 52.4 Å². The summed E-state index contributed by atoms with van der Waals surface area (Å²) in [5.41, 5.74) is 2.03. The van der Waals surface area contributed by atoms with Crippen LogP contribution in [0.2, 0.25) is 0 Å². The van der Waals surface area contributed by atoms with Gasteiger partial charge in [-0.15, -0.1) is 6.58 Å². The Kier molecular flexibility index (Phi) is 2.06. The summed E-state index contributed by atoms with van der Waals surface area (Å²) in [7, 11) is 0. The smallest absolute Gasteiger partial charge is 0.0232 e. The molecule has 0 aromatic rings. The normalized spacial score (nSPS) is 52.1. The summed E-state index contributed by atoms with van der Waals surface area (Å²) in [5.74, 6) is 4.27. The first-order valence-corrected chi connectivity index (χ1v) is 6.72. The van der Waals surface area contributed by atoms with Crippen molar-refractivity contribution < 1.29 is 0 Å². The first-order chi connectivity index (χ1) is 7.08.